The van der Waals surface area contributed by atoms with Crippen molar-refractivity contribution in [2.45, 2.75) is 45.4 Å². The smallest absolute Gasteiger partial charge is 0.275 e. The first-order chi connectivity index (χ1) is 15.1. The summed E-state index contributed by atoms with van der Waals surface area (Å²) >= 11 is 1.45. The summed E-state index contributed by atoms with van der Waals surface area (Å²) in [6.07, 6.45) is 5.27. The summed E-state index contributed by atoms with van der Waals surface area (Å²) in [4.78, 5) is 32.2. The quantitative estimate of drug-likeness (QED) is 0.546. The normalized spacial score (nSPS) is 14.8. The van der Waals surface area contributed by atoms with Crippen molar-refractivity contribution in [1.82, 2.24) is 19.9 Å². The maximum absolute atomic E-state index is 12.5. The number of benzene rings is 1. The van der Waals surface area contributed by atoms with Crippen molar-refractivity contribution in [2.75, 3.05) is 24.5 Å². The number of hydrogen-bond donors (Lipinski definition) is 1. The monoisotopic (exact) mass is 439 g/mol. The van der Waals surface area contributed by atoms with Gasteiger partial charge in [-0.15, -0.1) is 5.10 Å². The predicted molar refractivity (Wildman–Crippen MR) is 124 cm³/mol. The Kier molecular flexibility index (Phi) is 6.96. The second kappa shape index (κ2) is 10.0. The number of anilines is 1. The van der Waals surface area contributed by atoms with Crippen LogP contribution in [-0.4, -0.2) is 40.1 Å². The van der Waals surface area contributed by atoms with E-state index in [2.05, 4.69) is 39.4 Å². The zero-order chi connectivity index (χ0) is 21.6. The molecule has 2 aromatic heterocycles. The van der Waals surface area contributed by atoms with Gasteiger partial charge in [-0.2, -0.15) is 4.52 Å². The van der Waals surface area contributed by atoms with Crippen LogP contribution in [-0.2, 0) is 17.6 Å². The Morgan fingerprint density at radius 3 is 2.71 bits per heavy atom. The van der Waals surface area contributed by atoms with Crippen LogP contribution in [0, 0.1) is 5.92 Å². The molecule has 8 heteroatoms. The Morgan fingerprint density at radius 1 is 1.19 bits per heavy atom. The topological polar surface area (TPSA) is 79.6 Å². The highest BCUT2D eigenvalue weighted by Crippen LogP contribution is 2.27. The minimum atomic E-state index is -0.124. The molecule has 0 aliphatic carbocycles. The van der Waals surface area contributed by atoms with Gasteiger partial charge >= 0.3 is 0 Å². The number of aromatic nitrogens is 3. The van der Waals surface area contributed by atoms with E-state index in [0.29, 0.717) is 11.5 Å². The van der Waals surface area contributed by atoms with Gasteiger partial charge in [0.15, 0.2) is 0 Å². The van der Waals surface area contributed by atoms with E-state index >= 15 is 0 Å². The number of rotatable bonds is 8. The van der Waals surface area contributed by atoms with Crippen LogP contribution in [0.4, 0.5) is 5.13 Å². The summed E-state index contributed by atoms with van der Waals surface area (Å²) in [7, 11) is 0. The van der Waals surface area contributed by atoms with E-state index in [4.69, 9.17) is 0 Å². The van der Waals surface area contributed by atoms with E-state index in [9.17, 15) is 9.59 Å². The van der Waals surface area contributed by atoms with E-state index in [1.807, 2.05) is 18.2 Å². The third-order valence-electron chi connectivity index (χ3n) is 5.71. The Morgan fingerprint density at radius 2 is 1.97 bits per heavy atom. The number of carbonyl (C=O) groups is 1. The molecule has 1 aromatic carbocycles. The van der Waals surface area contributed by atoms with Gasteiger partial charge in [0, 0.05) is 37.3 Å². The fraction of sp³-hybridized carbons (Fsp3) is 0.478. The summed E-state index contributed by atoms with van der Waals surface area (Å²) in [5.74, 6) is 0.193. The highest BCUT2D eigenvalue weighted by atomic mass is 32.1. The summed E-state index contributed by atoms with van der Waals surface area (Å²) in [5, 5.41) is 8.39. The minimum Gasteiger partial charge on any atom is -0.356 e. The lowest BCUT2D eigenvalue weighted by Crippen LogP contribution is -2.41. The molecule has 31 heavy (non-hydrogen) atoms. The van der Waals surface area contributed by atoms with Crippen LogP contribution < -0.4 is 15.8 Å². The van der Waals surface area contributed by atoms with Crippen molar-refractivity contribution in [3.8, 4) is 0 Å². The lowest BCUT2D eigenvalue weighted by Gasteiger charge is -2.30. The van der Waals surface area contributed by atoms with Gasteiger partial charge in [0.25, 0.3) is 5.56 Å². The third-order valence-corrected chi connectivity index (χ3v) is 6.68. The zero-order valence-electron chi connectivity index (χ0n) is 17.9. The maximum Gasteiger partial charge on any atom is 0.275 e. The van der Waals surface area contributed by atoms with Crippen LogP contribution in [0.5, 0.6) is 0 Å². The molecule has 0 radical (unpaired) electrons. The number of piperidine rings is 1. The molecular formula is C23H29N5O2S. The first-order valence-electron chi connectivity index (χ1n) is 11.1. The van der Waals surface area contributed by atoms with Crippen LogP contribution in [0.1, 0.15) is 43.9 Å². The lowest BCUT2D eigenvalue weighted by molar-refractivity contribution is -0.125. The summed E-state index contributed by atoms with van der Waals surface area (Å²) < 4.78 is 1.39. The van der Waals surface area contributed by atoms with E-state index in [0.717, 1.165) is 62.4 Å². The van der Waals surface area contributed by atoms with Gasteiger partial charge in [-0.3, -0.25) is 9.59 Å². The third kappa shape index (κ3) is 5.31. The molecule has 1 fully saturated rings. The molecule has 0 unspecified atom stereocenters. The fourth-order valence-corrected chi connectivity index (χ4v) is 4.96. The molecule has 164 valence electrons. The van der Waals surface area contributed by atoms with Crippen molar-refractivity contribution in [1.29, 1.82) is 0 Å². The molecule has 1 amide bonds. The minimum absolute atomic E-state index is 0.0411. The lowest BCUT2D eigenvalue weighted by atomic mass is 9.96. The summed E-state index contributed by atoms with van der Waals surface area (Å²) in [6.45, 7) is 4.31. The number of nitrogens with one attached hydrogen (secondary N) is 1. The van der Waals surface area contributed by atoms with E-state index < -0.39 is 0 Å². The molecule has 1 aliphatic heterocycles. The van der Waals surface area contributed by atoms with Crippen molar-refractivity contribution in [3.63, 3.8) is 0 Å². The van der Waals surface area contributed by atoms with Crippen molar-refractivity contribution >= 4 is 27.3 Å². The highest BCUT2D eigenvalue weighted by Gasteiger charge is 2.26. The van der Waals surface area contributed by atoms with Gasteiger partial charge in [-0.25, -0.2) is 4.98 Å². The SMILES string of the molecule is CCCc1cc(=O)n2nc(N3CCC(C(=O)NCCCc4ccccc4)CC3)sc2n1. The Labute approximate surface area is 186 Å². The molecule has 1 saturated heterocycles. The van der Waals surface area contributed by atoms with Crippen LogP contribution in [0.3, 0.4) is 0 Å². The van der Waals surface area contributed by atoms with Gasteiger partial charge in [-0.05, 0) is 37.7 Å². The van der Waals surface area contributed by atoms with Crippen LogP contribution in [0.25, 0.3) is 4.96 Å². The average molecular weight is 440 g/mol. The average Bonchev–Trinajstić information content (AvgIpc) is 3.22. The molecule has 4 rings (SSSR count). The number of hydrogen-bond acceptors (Lipinski definition) is 6. The summed E-state index contributed by atoms with van der Waals surface area (Å²) in [5.41, 5.74) is 2.00. The van der Waals surface area contributed by atoms with E-state index in [1.54, 1.807) is 6.07 Å². The first-order valence-corrected chi connectivity index (χ1v) is 11.9. The second-order valence-corrected chi connectivity index (χ2v) is 8.99. The number of fused-ring (bicyclic) bond motifs is 1. The highest BCUT2D eigenvalue weighted by molar-refractivity contribution is 7.20. The van der Waals surface area contributed by atoms with E-state index in [1.165, 1.54) is 21.4 Å². The molecule has 0 bridgehead atoms. The molecular weight excluding hydrogens is 410 g/mol. The molecule has 0 atom stereocenters. The number of aryl methyl sites for hydroxylation is 2. The Balaban J connectivity index is 1.27. The largest absolute Gasteiger partial charge is 0.356 e. The zero-order valence-corrected chi connectivity index (χ0v) is 18.7. The van der Waals surface area contributed by atoms with Crippen molar-refractivity contribution in [2.24, 2.45) is 5.92 Å². The van der Waals surface area contributed by atoms with Crippen molar-refractivity contribution in [3.05, 3.63) is 58.0 Å². The van der Waals surface area contributed by atoms with Crippen LogP contribution in [0.2, 0.25) is 0 Å². The number of nitrogens with zero attached hydrogens (tertiary/aromatic N) is 4. The summed E-state index contributed by atoms with van der Waals surface area (Å²) in [6, 6.07) is 11.9. The fourth-order valence-electron chi connectivity index (χ4n) is 3.98. The molecule has 0 spiro atoms. The predicted octanol–water partition coefficient (Wildman–Crippen LogP) is 3.07. The van der Waals surface area contributed by atoms with Gasteiger partial charge < -0.3 is 10.2 Å². The Bertz CT molecular complexity index is 1070. The molecule has 1 N–H and O–H groups in total. The van der Waals surface area contributed by atoms with Crippen molar-refractivity contribution < 1.29 is 4.79 Å². The van der Waals surface area contributed by atoms with Gasteiger partial charge in [0.2, 0.25) is 16.0 Å². The number of amides is 1. The molecule has 3 aromatic rings. The van der Waals surface area contributed by atoms with Gasteiger partial charge in [-0.1, -0.05) is 55.0 Å². The maximum atomic E-state index is 12.5. The van der Waals surface area contributed by atoms with Gasteiger partial charge in [0.05, 0.1) is 0 Å². The molecule has 3 heterocycles. The van der Waals surface area contributed by atoms with Crippen LogP contribution >= 0.6 is 11.3 Å². The molecule has 7 nitrogen and oxygen atoms in total. The van der Waals surface area contributed by atoms with Gasteiger partial charge in [0.1, 0.15) is 0 Å². The molecule has 1 aliphatic rings. The standard InChI is InChI=1S/C23H29N5O2S/c1-2-7-19-16-20(29)28-22(25-19)31-23(26-28)27-14-11-18(12-15-27)21(30)24-13-6-10-17-8-4-3-5-9-17/h3-5,8-9,16,18H,2,6-7,10-15H2,1H3,(H,24,30). The number of carbonyl (C=O) groups excluding carboxylic acids is 1. The first kappa shape index (κ1) is 21.5. The second-order valence-electron chi connectivity index (χ2n) is 8.06. The van der Waals surface area contributed by atoms with Crippen LogP contribution in [0.15, 0.2) is 41.2 Å². The molecule has 0 saturated carbocycles. The Hall–Kier alpha value is -2.74. The van der Waals surface area contributed by atoms with E-state index in [-0.39, 0.29) is 17.4 Å².